The first kappa shape index (κ1) is 19.2. The van der Waals surface area contributed by atoms with E-state index in [2.05, 4.69) is 33.0 Å². The molecule has 0 saturated carbocycles. The van der Waals surface area contributed by atoms with E-state index in [4.69, 9.17) is 0 Å². The summed E-state index contributed by atoms with van der Waals surface area (Å²) in [5.41, 5.74) is 5.13. The molecule has 2 amide bonds. The lowest BCUT2D eigenvalue weighted by atomic mass is 9.86. The van der Waals surface area contributed by atoms with Gasteiger partial charge in [0.1, 0.15) is 0 Å². The Hall–Kier alpha value is -2.62. The zero-order valence-corrected chi connectivity index (χ0v) is 16.8. The second-order valence-corrected chi connectivity index (χ2v) is 8.47. The average Bonchev–Trinajstić information content (AvgIpc) is 2.97. The largest absolute Gasteiger partial charge is 0.347 e. The van der Waals surface area contributed by atoms with Gasteiger partial charge in [0.05, 0.1) is 6.04 Å². The van der Waals surface area contributed by atoms with Gasteiger partial charge >= 0.3 is 0 Å². The van der Waals surface area contributed by atoms with E-state index < -0.39 is 0 Å². The smallest absolute Gasteiger partial charge is 0.251 e. The molecule has 1 aliphatic heterocycles. The minimum atomic E-state index is -0.172. The van der Waals surface area contributed by atoms with Crippen molar-refractivity contribution in [3.63, 3.8) is 0 Å². The van der Waals surface area contributed by atoms with Gasteiger partial charge in [-0.05, 0) is 60.2 Å². The normalized spacial score (nSPS) is 17.3. The Labute approximate surface area is 161 Å². The lowest BCUT2D eigenvalue weighted by molar-refractivity contribution is -0.117. The predicted molar refractivity (Wildman–Crippen MR) is 109 cm³/mol. The molecule has 1 N–H and O–H groups in total. The third kappa shape index (κ3) is 4.21. The fraction of sp³-hybridized carbons (Fsp3) is 0.391. The maximum absolute atomic E-state index is 12.6. The summed E-state index contributed by atoms with van der Waals surface area (Å²) in [6.45, 7) is 11.0. The van der Waals surface area contributed by atoms with Crippen LogP contribution in [0.5, 0.6) is 0 Å². The summed E-state index contributed by atoms with van der Waals surface area (Å²) in [5.74, 6) is -0.0816. The third-order valence-electron chi connectivity index (χ3n) is 5.28. The van der Waals surface area contributed by atoms with Crippen molar-refractivity contribution in [3.8, 4) is 0 Å². The molecule has 0 radical (unpaired) electrons. The van der Waals surface area contributed by atoms with Crippen molar-refractivity contribution in [1.82, 2.24) is 5.32 Å². The van der Waals surface area contributed by atoms with Gasteiger partial charge in [-0.2, -0.15) is 0 Å². The molecule has 2 aromatic rings. The highest BCUT2D eigenvalue weighted by Crippen LogP contribution is 2.25. The summed E-state index contributed by atoms with van der Waals surface area (Å²) in [7, 11) is 0. The number of carbonyl (C=O) groups excluding carboxylic acids is 2. The van der Waals surface area contributed by atoms with Gasteiger partial charge in [-0.3, -0.25) is 9.59 Å². The summed E-state index contributed by atoms with van der Waals surface area (Å²) < 4.78 is 0. The molecule has 1 saturated heterocycles. The summed E-state index contributed by atoms with van der Waals surface area (Å²) in [6, 6.07) is 13.6. The molecule has 2 aromatic carbocycles. The standard InChI is InChI=1S/C23H28N2O2/c1-15-6-11-20(12-16(15)2)25-14-19(13-21(25)26)24-22(27)17-7-9-18(10-8-17)23(3,4)5/h6-12,19H,13-14H2,1-5H3,(H,24,27). The number of anilines is 1. The predicted octanol–water partition coefficient (Wildman–Crippen LogP) is 4.14. The van der Waals surface area contributed by atoms with E-state index in [1.54, 1.807) is 4.90 Å². The Morgan fingerprint density at radius 1 is 1.04 bits per heavy atom. The van der Waals surface area contributed by atoms with Crippen LogP contribution in [0.1, 0.15) is 54.2 Å². The number of carbonyl (C=O) groups is 2. The Balaban J connectivity index is 1.67. The van der Waals surface area contributed by atoms with Gasteiger partial charge in [0.15, 0.2) is 0 Å². The number of amides is 2. The Kier molecular flexibility index (Phi) is 5.09. The molecule has 27 heavy (non-hydrogen) atoms. The molecule has 1 heterocycles. The van der Waals surface area contributed by atoms with Crippen LogP contribution >= 0.6 is 0 Å². The summed E-state index contributed by atoms with van der Waals surface area (Å²) in [6.07, 6.45) is 0.332. The molecular formula is C23H28N2O2. The molecule has 0 aromatic heterocycles. The number of aryl methyl sites for hydroxylation is 2. The van der Waals surface area contributed by atoms with Gasteiger partial charge in [0.25, 0.3) is 5.91 Å². The minimum Gasteiger partial charge on any atom is -0.347 e. The van der Waals surface area contributed by atoms with E-state index >= 15 is 0 Å². The average molecular weight is 364 g/mol. The van der Waals surface area contributed by atoms with Crippen LogP contribution < -0.4 is 10.2 Å². The van der Waals surface area contributed by atoms with Crippen LogP contribution in [0.2, 0.25) is 0 Å². The van der Waals surface area contributed by atoms with Crippen molar-refractivity contribution in [3.05, 3.63) is 64.7 Å². The van der Waals surface area contributed by atoms with Crippen LogP contribution in [-0.2, 0) is 10.2 Å². The molecule has 1 unspecified atom stereocenters. The van der Waals surface area contributed by atoms with Crippen LogP contribution in [0.15, 0.2) is 42.5 Å². The van der Waals surface area contributed by atoms with E-state index in [1.807, 2.05) is 49.4 Å². The second kappa shape index (κ2) is 7.18. The molecule has 3 rings (SSSR count). The SMILES string of the molecule is Cc1ccc(N2CC(NC(=O)c3ccc(C(C)(C)C)cc3)CC2=O)cc1C. The number of benzene rings is 2. The van der Waals surface area contributed by atoms with Crippen molar-refractivity contribution in [2.24, 2.45) is 0 Å². The first-order chi connectivity index (χ1) is 12.6. The highest BCUT2D eigenvalue weighted by atomic mass is 16.2. The number of hydrogen-bond acceptors (Lipinski definition) is 2. The topological polar surface area (TPSA) is 49.4 Å². The molecule has 142 valence electrons. The summed E-state index contributed by atoms with van der Waals surface area (Å²) >= 11 is 0. The van der Waals surface area contributed by atoms with E-state index in [1.165, 1.54) is 11.1 Å². The van der Waals surface area contributed by atoms with E-state index in [9.17, 15) is 9.59 Å². The minimum absolute atomic E-state index is 0.0478. The molecule has 1 aliphatic rings. The van der Waals surface area contributed by atoms with Crippen molar-refractivity contribution in [2.45, 2.75) is 52.5 Å². The van der Waals surface area contributed by atoms with Crippen molar-refractivity contribution < 1.29 is 9.59 Å². The Bertz CT molecular complexity index is 863. The zero-order valence-electron chi connectivity index (χ0n) is 16.8. The first-order valence-corrected chi connectivity index (χ1v) is 9.44. The van der Waals surface area contributed by atoms with E-state index in [-0.39, 0.29) is 23.3 Å². The number of nitrogens with one attached hydrogen (secondary N) is 1. The Morgan fingerprint density at radius 3 is 2.30 bits per heavy atom. The fourth-order valence-corrected chi connectivity index (χ4v) is 3.34. The lowest BCUT2D eigenvalue weighted by Crippen LogP contribution is -2.37. The van der Waals surface area contributed by atoms with E-state index in [0.29, 0.717) is 18.5 Å². The third-order valence-corrected chi connectivity index (χ3v) is 5.28. The molecule has 0 aliphatic carbocycles. The molecule has 1 fully saturated rings. The maximum Gasteiger partial charge on any atom is 0.251 e. The molecule has 1 atom stereocenters. The summed E-state index contributed by atoms with van der Waals surface area (Å²) in [5, 5.41) is 3.01. The van der Waals surface area contributed by atoms with Gasteiger partial charge in [-0.25, -0.2) is 0 Å². The quantitative estimate of drug-likeness (QED) is 0.890. The molecule has 0 bridgehead atoms. The lowest BCUT2D eigenvalue weighted by Gasteiger charge is -2.20. The highest BCUT2D eigenvalue weighted by molar-refractivity contribution is 5.99. The number of nitrogens with zero attached hydrogens (tertiary/aromatic N) is 1. The molecule has 0 spiro atoms. The van der Waals surface area contributed by atoms with Crippen LogP contribution in [0.3, 0.4) is 0 Å². The zero-order chi connectivity index (χ0) is 19.8. The van der Waals surface area contributed by atoms with E-state index in [0.717, 1.165) is 11.3 Å². The van der Waals surface area contributed by atoms with Crippen molar-refractivity contribution >= 4 is 17.5 Å². The van der Waals surface area contributed by atoms with Crippen LogP contribution in [0, 0.1) is 13.8 Å². The van der Waals surface area contributed by atoms with Crippen LogP contribution in [0.4, 0.5) is 5.69 Å². The van der Waals surface area contributed by atoms with Gasteiger partial charge in [0.2, 0.25) is 5.91 Å². The van der Waals surface area contributed by atoms with Gasteiger partial charge in [-0.1, -0.05) is 39.0 Å². The monoisotopic (exact) mass is 364 g/mol. The van der Waals surface area contributed by atoms with Crippen molar-refractivity contribution in [1.29, 1.82) is 0 Å². The van der Waals surface area contributed by atoms with Crippen LogP contribution in [-0.4, -0.2) is 24.4 Å². The Morgan fingerprint density at radius 2 is 1.70 bits per heavy atom. The maximum atomic E-state index is 12.6. The highest BCUT2D eigenvalue weighted by Gasteiger charge is 2.32. The fourth-order valence-electron chi connectivity index (χ4n) is 3.34. The second-order valence-electron chi connectivity index (χ2n) is 8.47. The van der Waals surface area contributed by atoms with Crippen molar-refractivity contribution in [2.75, 3.05) is 11.4 Å². The summed E-state index contributed by atoms with van der Waals surface area (Å²) in [4.78, 5) is 26.8. The van der Waals surface area contributed by atoms with Gasteiger partial charge in [0, 0.05) is 24.2 Å². The number of hydrogen-bond donors (Lipinski definition) is 1. The first-order valence-electron chi connectivity index (χ1n) is 9.44. The van der Waals surface area contributed by atoms with Gasteiger partial charge < -0.3 is 10.2 Å². The molecular weight excluding hydrogens is 336 g/mol. The number of rotatable bonds is 3. The van der Waals surface area contributed by atoms with Crippen LogP contribution in [0.25, 0.3) is 0 Å². The molecule has 4 heteroatoms. The molecule has 4 nitrogen and oxygen atoms in total. The van der Waals surface area contributed by atoms with Gasteiger partial charge in [-0.15, -0.1) is 0 Å².